The van der Waals surface area contributed by atoms with Gasteiger partial charge >= 0.3 is 0 Å². The van der Waals surface area contributed by atoms with Gasteiger partial charge in [0.25, 0.3) is 5.91 Å². The predicted molar refractivity (Wildman–Crippen MR) is 78.4 cm³/mol. The summed E-state index contributed by atoms with van der Waals surface area (Å²) in [6.45, 7) is 4.30. The quantitative estimate of drug-likeness (QED) is 0.840. The van der Waals surface area contributed by atoms with Crippen LogP contribution in [0.15, 0.2) is 18.2 Å². The van der Waals surface area contributed by atoms with Crippen LogP contribution in [0.3, 0.4) is 0 Å². The fraction of sp³-hybridized carbons (Fsp3) is 0.438. The molecule has 1 N–H and O–H groups in total. The van der Waals surface area contributed by atoms with Crippen LogP contribution in [-0.2, 0) is 4.74 Å². The van der Waals surface area contributed by atoms with E-state index in [4.69, 9.17) is 9.84 Å². The van der Waals surface area contributed by atoms with Gasteiger partial charge in [-0.3, -0.25) is 4.79 Å². The summed E-state index contributed by atoms with van der Waals surface area (Å²) in [5.41, 5.74) is 0.451. The second-order valence-corrected chi connectivity index (χ2v) is 4.80. The van der Waals surface area contributed by atoms with Crippen LogP contribution in [0.1, 0.15) is 29.8 Å². The molecule has 0 aliphatic heterocycles. The SMILES string of the molecule is CC(C)OCCN(C)C(=O)c1cc(C#CCO)ccc1F. The summed E-state index contributed by atoms with van der Waals surface area (Å²) >= 11 is 0. The Bertz CT molecular complexity index is 546. The normalized spacial score (nSPS) is 10.2. The molecule has 1 rings (SSSR count). The lowest BCUT2D eigenvalue weighted by atomic mass is 10.1. The zero-order chi connectivity index (χ0) is 15.8. The van der Waals surface area contributed by atoms with E-state index >= 15 is 0 Å². The molecule has 21 heavy (non-hydrogen) atoms. The molecule has 5 heteroatoms. The maximum absolute atomic E-state index is 13.8. The molecule has 1 aromatic rings. The highest BCUT2D eigenvalue weighted by molar-refractivity contribution is 5.94. The fourth-order valence-corrected chi connectivity index (χ4v) is 1.64. The number of carbonyl (C=O) groups is 1. The first kappa shape index (κ1) is 17.2. The van der Waals surface area contributed by atoms with E-state index < -0.39 is 11.7 Å². The summed E-state index contributed by atoms with van der Waals surface area (Å²) < 4.78 is 19.1. The maximum atomic E-state index is 13.8. The van der Waals surface area contributed by atoms with Crippen molar-refractivity contribution >= 4 is 5.91 Å². The van der Waals surface area contributed by atoms with E-state index in [1.807, 2.05) is 13.8 Å². The summed E-state index contributed by atoms with van der Waals surface area (Å²) in [6.07, 6.45) is 0.0855. The molecule has 0 bridgehead atoms. The third-order valence-electron chi connectivity index (χ3n) is 2.73. The Morgan fingerprint density at radius 1 is 1.48 bits per heavy atom. The minimum Gasteiger partial charge on any atom is -0.384 e. The molecule has 0 saturated carbocycles. The molecule has 0 fully saturated rings. The molecule has 114 valence electrons. The number of benzene rings is 1. The molecular weight excluding hydrogens is 273 g/mol. The zero-order valence-electron chi connectivity index (χ0n) is 12.5. The summed E-state index contributed by atoms with van der Waals surface area (Å²) in [4.78, 5) is 13.6. The van der Waals surface area contributed by atoms with Gasteiger partial charge in [0.15, 0.2) is 0 Å². The van der Waals surface area contributed by atoms with Gasteiger partial charge in [0.05, 0.1) is 18.3 Å². The molecule has 0 radical (unpaired) electrons. The topological polar surface area (TPSA) is 49.8 Å². The van der Waals surface area contributed by atoms with Crippen LogP contribution in [-0.4, -0.2) is 48.8 Å². The van der Waals surface area contributed by atoms with Gasteiger partial charge in [-0.1, -0.05) is 11.8 Å². The van der Waals surface area contributed by atoms with E-state index in [1.165, 1.54) is 23.1 Å². The van der Waals surface area contributed by atoms with Crippen LogP contribution in [0, 0.1) is 17.7 Å². The highest BCUT2D eigenvalue weighted by Crippen LogP contribution is 2.12. The number of nitrogens with zero attached hydrogens (tertiary/aromatic N) is 1. The monoisotopic (exact) mass is 293 g/mol. The number of amides is 1. The molecule has 0 saturated heterocycles. The van der Waals surface area contributed by atoms with Crippen molar-refractivity contribution in [2.24, 2.45) is 0 Å². The molecule has 0 spiro atoms. The average molecular weight is 293 g/mol. The number of ether oxygens (including phenoxy) is 1. The molecule has 1 aromatic carbocycles. The van der Waals surface area contributed by atoms with Gasteiger partial charge < -0.3 is 14.7 Å². The van der Waals surface area contributed by atoms with E-state index in [2.05, 4.69) is 11.8 Å². The summed E-state index contributed by atoms with van der Waals surface area (Å²) in [7, 11) is 1.59. The van der Waals surface area contributed by atoms with E-state index in [0.29, 0.717) is 18.7 Å². The number of likely N-dealkylation sites (N-methyl/N-ethyl adjacent to an activating group) is 1. The Kier molecular flexibility index (Phi) is 6.86. The molecule has 0 aromatic heterocycles. The summed E-state index contributed by atoms with van der Waals surface area (Å²) in [6, 6.07) is 4.06. The van der Waals surface area contributed by atoms with E-state index in [9.17, 15) is 9.18 Å². The first-order valence-electron chi connectivity index (χ1n) is 6.72. The van der Waals surface area contributed by atoms with Crippen molar-refractivity contribution in [3.05, 3.63) is 35.1 Å². The number of hydrogen-bond acceptors (Lipinski definition) is 3. The molecule has 0 heterocycles. The van der Waals surface area contributed by atoms with E-state index in [1.54, 1.807) is 7.05 Å². The molecule has 0 aliphatic rings. The standard InChI is InChI=1S/C16H20FNO3/c1-12(2)21-10-8-18(3)16(20)14-11-13(5-4-9-19)6-7-15(14)17/h6-7,11-12,19H,8-10H2,1-3H3. The Balaban J connectivity index is 2.80. The first-order chi connectivity index (χ1) is 9.95. The van der Waals surface area contributed by atoms with Gasteiger partial charge in [0.2, 0.25) is 0 Å². The average Bonchev–Trinajstić information content (AvgIpc) is 2.45. The minimum atomic E-state index is -0.592. The van der Waals surface area contributed by atoms with Gasteiger partial charge in [-0.2, -0.15) is 0 Å². The van der Waals surface area contributed by atoms with Crippen LogP contribution >= 0.6 is 0 Å². The van der Waals surface area contributed by atoms with Gasteiger partial charge in [-0.05, 0) is 32.0 Å². The lowest BCUT2D eigenvalue weighted by molar-refractivity contribution is 0.0529. The number of rotatable bonds is 5. The second-order valence-electron chi connectivity index (χ2n) is 4.80. The molecular formula is C16H20FNO3. The second kappa shape index (κ2) is 8.40. The number of aliphatic hydroxyl groups excluding tert-OH is 1. The Morgan fingerprint density at radius 2 is 2.19 bits per heavy atom. The highest BCUT2D eigenvalue weighted by Gasteiger charge is 2.16. The summed E-state index contributed by atoms with van der Waals surface area (Å²) in [5, 5.41) is 8.65. The largest absolute Gasteiger partial charge is 0.384 e. The van der Waals surface area contributed by atoms with Crippen molar-refractivity contribution in [1.82, 2.24) is 4.90 Å². The molecule has 0 aliphatic carbocycles. The van der Waals surface area contributed by atoms with Gasteiger partial charge in [0.1, 0.15) is 12.4 Å². The first-order valence-corrected chi connectivity index (χ1v) is 6.72. The third-order valence-corrected chi connectivity index (χ3v) is 2.73. The van der Waals surface area contributed by atoms with Crippen LogP contribution in [0.5, 0.6) is 0 Å². The number of hydrogen-bond donors (Lipinski definition) is 1. The maximum Gasteiger partial charge on any atom is 0.256 e. The lowest BCUT2D eigenvalue weighted by Crippen LogP contribution is -2.31. The van der Waals surface area contributed by atoms with Crippen molar-refractivity contribution in [2.45, 2.75) is 20.0 Å². The number of aliphatic hydroxyl groups is 1. The fourth-order valence-electron chi connectivity index (χ4n) is 1.64. The van der Waals surface area contributed by atoms with Crippen molar-refractivity contribution in [1.29, 1.82) is 0 Å². The van der Waals surface area contributed by atoms with Crippen molar-refractivity contribution in [2.75, 3.05) is 26.8 Å². The van der Waals surface area contributed by atoms with Crippen LogP contribution in [0.4, 0.5) is 4.39 Å². The lowest BCUT2D eigenvalue weighted by Gasteiger charge is -2.18. The zero-order valence-corrected chi connectivity index (χ0v) is 12.5. The van der Waals surface area contributed by atoms with Crippen molar-refractivity contribution in [3.63, 3.8) is 0 Å². The molecule has 4 nitrogen and oxygen atoms in total. The van der Waals surface area contributed by atoms with Gasteiger partial charge in [0, 0.05) is 19.2 Å². The Morgan fingerprint density at radius 3 is 2.81 bits per heavy atom. The van der Waals surface area contributed by atoms with Gasteiger partial charge in [-0.25, -0.2) is 4.39 Å². The van der Waals surface area contributed by atoms with Crippen LogP contribution in [0.25, 0.3) is 0 Å². The number of carbonyl (C=O) groups excluding carboxylic acids is 1. The van der Waals surface area contributed by atoms with E-state index in [0.717, 1.165) is 0 Å². The van der Waals surface area contributed by atoms with Crippen molar-refractivity contribution < 1.29 is 19.0 Å². The smallest absolute Gasteiger partial charge is 0.256 e. The Hall–Kier alpha value is -1.90. The van der Waals surface area contributed by atoms with E-state index in [-0.39, 0.29) is 18.3 Å². The molecule has 1 amide bonds. The Labute approximate surface area is 124 Å². The predicted octanol–water partition coefficient (Wildman–Crippen LogP) is 1.67. The van der Waals surface area contributed by atoms with Gasteiger partial charge in [-0.15, -0.1) is 0 Å². The van der Waals surface area contributed by atoms with Crippen LogP contribution < -0.4 is 0 Å². The number of halogens is 1. The van der Waals surface area contributed by atoms with Crippen molar-refractivity contribution in [3.8, 4) is 11.8 Å². The molecule has 0 unspecified atom stereocenters. The summed E-state index contributed by atoms with van der Waals surface area (Å²) in [5.74, 6) is 4.10. The van der Waals surface area contributed by atoms with Crippen LogP contribution in [0.2, 0.25) is 0 Å². The highest BCUT2D eigenvalue weighted by atomic mass is 19.1. The minimum absolute atomic E-state index is 0.0354. The molecule has 0 atom stereocenters. The third kappa shape index (κ3) is 5.54.